The smallest absolute Gasteiger partial charge is 0.0563 e. The second kappa shape index (κ2) is 6.51. The Kier molecular flexibility index (Phi) is 4.97. The van der Waals surface area contributed by atoms with Gasteiger partial charge in [0.2, 0.25) is 0 Å². The van der Waals surface area contributed by atoms with E-state index in [4.69, 9.17) is 5.73 Å². The number of aliphatic hydroxyl groups is 1. The van der Waals surface area contributed by atoms with Crippen molar-refractivity contribution in [2.75, 3.05) is 13.2 Å². The second-order valence-electron chi connectivity index (χ2n) is 5.56. The molecule has 2 atom stereocenters. The molecule has 1 aliphatic rings. The molecule has 3 heteroatoms. The number of rotatable bonds is 6. The molecule has 19 heavy (non-hydrogen) atoms. The molecule has 0 fully saturated rings. The Hall–Kier alpha value is -0.900. The van der Waals surface area contributed by atoms with E-state index in [1.807, 2.05) is 0 Å². The third kappa shape index (κ3) is 2.99. The van der Waals surface area contributed by atoms with Crippen molar-refractivity contribution in [1.29, 1.82) is 0 Å². The summed E-state index contributed by atoms with van der Waals surface area (Å²) in [6.07, 6.45) is 5.22. The van der Waals surface area contributed by atoms with E-state index in [0.717, 1.165) is 25.7 Å². The first kappa shape index (κ1) is 14.5. The molecular formula is C16H26N2O. The summed E-state index contributed by atoms with van der Waals surface area (Å²) >= 11 is 0. The summed E-state index contributed by atoms with van der Waals surface area (Å²) < 4.78 is 0. The zero-order valence-electron chi connectivity index (χ0n) is 11.9. The van der Waals surface area contributed by atoms with Crippen molar-refractivity contribution in [2.45, 2.75) is 50.6 Å². The summed E-state index contributed by atoms with van der Waals surface area (Å²) in [6.45, 7) is 3.01. The summed E-state index contributed by atoms with van der Waals surface area (Å²) in [5.41, 5.74) is 8.80. The molecule has 1 aromatic carbocycles. The molecule has 2 rings (SSSR count). The van der Waals surface area contributed by atoms with Crippen molar-refractivity contribution in [3.63, 3.8) is 0 Å². The van der Waals surface area contributed by atoms with Crippen LogP contribution in [0.2, 0.25) is 0 Å². The third-order valence-electron chi connectivity index (χ3n) is 4.38. The van der Waals surface area contributed by atoms with Crippen LogP contribution in [0.3, 0.4) is 0 Å². The highest BCUT2D eigenvalue weighted by molar-refractivity contribution is 5.36. The molecule has 0 spiro atoms. The summed E-state index contributed by atoms with van der Waals surface area (Å²) in [5, 5.41) is 12.9. The Labute approximate surface area is 116 Å². The van der Waals surface area contributed by atoms with E-state index in [1.165, 1.54) is 17.5 Å². The topological polar surface area (TPSA) is 58.3 Å². The van der Waals surface area contributed by atoms with E-state index in [-0.39, 0.29) is 12.1 Å². The van der Waals surface area contributed by atoms with Crippen molar-refractivity contribution < 1.29 is 5.11 Å². The van der Waals surface area contributed by atoms with Crippen molar-refractivity contribution in [3.05, 3.63) is 35.4 Å². The van der Waals surface area contributed by atoms with Gasteiger partial charge in [-0.15, -0.1) is 0 Å². The summed E-state index contributed by atoms with van der Waals surface area (Å²) in [5.74, 6) is 0. The zero-order valence-corrected chi connectivity index (χ0v) is 11.9. The lowest BCUT2D eigenvalue weighted by Crippen LogP contribution is -2.54. The first-order valence-electron chi connectivity index (χ1n) is 7.42. The van der Waals surface area contributed by atoms with Gasteiger partial charge in [0.25, 0.3) is 0 Å². The van der Waals surface area contributed by atoms with E-state index in [2.05, 4.69) is 36.5 Å². The normalized spacial score (nSPS) is 23.9. The first-order chi connectivity index (χ1) is 9.25. The number of nitrogens with two attached hydrogens (primary N) is 1. The van der Waals surface area contributed by atoms with Crippen molar-refractivity contribution >= 4 is 0 Å². The van der Waals surface area contributed by atoms with Gasteiger partial charge in [0.15, 0.2) is 0 Å². The predicted octanol–water partition coefficient (Wildman–Crippen LogP) is 1.93. The average molecular weight is 262 g/mol. The molecule has 4 N–H and O–H groups in total. The van der Waals surface area contributed by atoms with E-state index in [1.54, 1.807) is 0 Å². The van der Waals surface area contributed by atoms with Crippen LogP contribution in [0.4, 0.5) is 0 Å². The van der Waals surface area contributed by atoms with Crippen LogP contribution in [-0.2, 0) is 12.0 Å². The highest BCUT2D eigenvalue weighted by Crippen LogP contribution is 2.35. The molecule has 1 aliphatic carbocycles. The SMILES string of the molecule is CCC(CCO)NC1(CN)CCCc2ccccc21. The molecule has 0 bridgehead atoms. The van der Waals surface area contributed by atoms with Gasteiger partial charge in [-0.3, -0.25) is 0 Å². The number of hydrogen-bond acceptors (Lipinski definition) is 3. The average Bonchev–Trinajstić information content (AvgIpc) is 2.47. The van der Waals surface area contributed by atoms with Crippen LogP contribution >= 0.6 is 0 Å². The zero-order chi connectivity index (χ0) is 13.7. The number of aliphatic hydroxyl groups excluding tert-OH is 1. The maximum atomic E-state index is 9.18. The van der Waals surface area contributed by atoms with Crippen molar-refractivity contribution in [2.24, 2.45) is 5.73 Å². The molecule has 1 aromatic rings. The Morgan fingerprint density at radius 3 is 2.89 bits per heavy atom. The van der Waals surface area contributed by atoms with Crippen molar-refractivity contribution in [3.8, 4) is 0 Å². The Morgan fingerprint density at radius 1 is 1.42 bits per heavy atom. The standard InChI is InChI=1S/C16H26N2O/c1-2-14(9-11-19)18-16(12-17)10-5-7-13-6-3-4-8-15(13)16/h3-4,6,8,14,18-19H,2,5,7,9-12,17H2,1H3. The number of aryl methyl sites for hydroxylation is 1. The fourth-order valence-corrected chi connectivity index (χ4v) is 3.27. The molecule has 106 valence electrons. The molecular weight excluding hydrogens is 236 g/mol. The minimum atomic E-state index is -0.106. The summed E-state index contributed by atoms with van der Waals surface area (Å²) in [7, 11) is 0. The number of fused-ring (bicyclic) bond motifs is 1. The van der Waals surface area contributed by atoms with Gasteiger partial charge >= 0.3 is 0 Å². The maximum Gasteiger partial charge on any atom is 0.0563 e. The van der Waals surface area contributed by atoms with Gasteiger partial charge in [0.05, 0.1) is 5.54 Å². The van der Waals surface area contributed by atoms with Gasteiger partial charge in [-0.1, -0.05) is 31.2 Å². The van der Waals surface area contributed by atoms with Crippen LogP contribution in [-0.4, -0.2) is 24.3 Å². The van der Waals surface area contributed by atoms with Crippen LogP contribution in [0.15, 0.2) is 24.3 Å². The van der Waals surface area contributed by atoms with Gasteiger partial charge in [-0.25, -0.2) is 0 Å². The van der Waals surface area contributed by atoms with Crippen LogP contribution in [0.5, 0.6) is 0 Å². The lowest BCUT2D eigenvalue weighted by molar-refractivity contribution is 0.211. The largest absolute Gasteiger partial charge is 0.396 e. The number of benzene rings is 1. The van der Waals surface area contributed by atoms with Gasteiger partial charge < -0.3 is 16.2 Å². The molecule has 0 saturated carbocycles. The fourth-order valence-electron chi connectivity index (χ4n) is 3.27. The monoisotopic (exact) mass is 262 g/mol. The highest BCUT2D eigenvalue weighted by atomic mass is 16.3. The van der Waals surface area contributed by atoms with Gasteiger partial charge in [0.1, 0.15) is 0 Å². The molecule has 0 aliphatic heterocycles. The van der Waals surface area contributed by atoms with Crippen LogP contribution in [0.25, 0.3) is 0 Å². The lowest BCUT2D eigenvalue weighted by Gasteiger charge is -2.42. The Morgan fingerprint density at radius 2 is 2.21 bits per heavy atom. The minimum absolute atomic E-state index is 0.106. The van der Waals surface area contributed by atoms with Gasteiger partial charge in [-0.2, -0.15) is 0 Å². The van der Waals surface area contributed by atoms with Crippen LogP contribution in [0, 0.1) is 0 Å². The number of nitrogens with one attached hydrogen (secondary N) is 1. The van der Waals surface area contributed by atoms with E-state index >= 15 is 0 Å². The quantitative estimate of drug-likeness (QED) is 0.734. The van der Waals surface area contributed by atoms with E-state index < -0.39 is 0 Å². The van der Waals surface area contributed by atoms with Crippen molar-refractivity contribution in [1.82, 2.24) is 5.32 Å². The van der Waals surface area contributed by atoms with Gasteiger partial charge in [0, 0.05) is 19.2 Å². The van der Waals surface area contributed by atoms with Crippen LogP contribution < -0.4 is 11.1 Å². The predicted molar refractivity (Wildman–Crippen MR) is 79.0 cm³/mol. The van der Waals surface area contributed by atoms with Gasteiger partial charge in [-0.05, 0) is 43.2 Å². The molecule has 0 amide bonds. The summed E-state index contributed by atoms with van der Waals surface area (Å²) in [4.78, 5) is 0. The van der Waals surface area contributed by atoms with E-state index in [9.17, 15) is 5.11 Å². The molecule has 3 nitrogen and oxygen atoms in total. The highest BCUT2D eigenvalue weighted by Gasteiger charge is 2.36. The van der Waals surface area contributed by atoms with Crippen LogP contribution in [0.1, 0.15) is 43.7 Å². The maximum absolute atomic E-state index is 9.18. The molecule has 0 aromatic heterocycles. The minimum Gasteiger partial charge on any atom is -0.396 e. The lowest BCUT2D eigenvalue weighted by atomic mass is 9.76. The first-order valence-corrected chi connectivity index (χ1v) is 7.42. The third-order valence-corrected chi connectivity index (χ3v) is 4.38. The molecule has 0 heterocycles. The molecule has 2 unspecified atom stereocenters. The summed E-state index contributed by atoms with van der Waals surface area (Å²) in [6, 6.07) is 8.97. The second-order valence-corrected chi connectivity index (χ2v) is 5.56. The fraction of sp³-hybridized carbons (Fsp3) is 0.625. The molecule has 0 saturated heterocycles. The van der Waals surface area contributed by atoms with E-state index in [0.29, 0.717) is 12.6 Å². The Balaban J connectivity index is 2.28. The Bertz CT molecular complexity index is 407. The number of hydrogen-bond donors (Lipinski definition) is 3. The molecule has 0 radical (unpaired) electrons.